The second-order valence-corrected chi connectivity index (χ2v) is 5.73. The summed E-state index contributed by atoms with van der Waals surface area (Å²) >= 11 is 0. The summed E-state index contributed by atoms with van der Waals surface area (Å²) in [5.41, 5.74) is 0. The van der Waals surface area contributed by atoms with Crippen LogP contribution in [0.15, 0.2) is 30.3 Å². The molecule has 4 heteroatoms. The van der Waals surface area contributed by atoms with Crippen molar-refractivity contribution in [2.24, 2.45) is 0 Å². The first-order chi connectivity index (χ1) is 10.6. The molecule has 0 aliphatic rings. The van der Waals surface area contributed by atoms with Crippen molar-refractivity contribution in [2.45, 2.75) is 39.7 Å². The summed E-state index contributed by atoms with van der Waals surface area (Å²) < 4.78 is 13.6. The lowest BCUT2D eigenvalue weighted by atomic mass is 10.1. The van der Waals surface area contributed by atoms with Crippen LogP contribution in [-0.4, -0.2) is 35.6 Å². The Labute approximate surface area is 132 Å². The van der Waals surface area contributed by atoms with E-state index in [4.69, 9.17) is 0 Å². The fourth-order valence-electron chi connectivity index (χ4n) is 2.74. The molecule has 1 N–H and O–H groups in total. The molecule has 1 heterocycles. The summed E-state index contributed by atoms with van der Waals surface area (Å²) in [6.07, 6.45) is 2.17. The molecule has 0 aliphatic heterocycles. The van der Waals surface area contributed by atoms with E-state index in [0.29, 0.717) is 5.82 Å². The summed E-state index contributed by atoms with van der Waals surface area (Å²) in [4.78, 5) is 6.45. The second kappa shape index (κ2) is 8.08. The van der Waals surface area contributed by atoms with Crippen molar-refractivity contribution in [1.82, 2.24) is 9.88 Å². The first-order valence-electron chi connectivity index (χ1n) is 8.18. The third kappa shape index (κ3) is 4.41. The summed E-state index contributed by atoms with van der Waals surface area (Å²) in [6, 6.07) is 9.51. The molecule has 2 rings (SSSR count). The van der Waals surface area contributed by atoms with Crippen LogP contribution in [0.4, 0.5) is 10.2 Å². The van der Waals surface area contributed by atoms with Crippen LogP contribution in [0, 0.1) is 5.95 Å². The molecule has 1 aromatic heterocycles. The minimum atomic E-state index is -0.434. The molecule has 1 atom stereocenters. The molecule has 2 aromatic rings. The van der Waals surface area contributed by atoms with Gasteiger partial charge in [-0.1, -0.05) is 38.1 Å². The van der Waals surface area contributed by atoms with Gasteiger partial charge in [-0.25, -0.2) is 4.98 Å². The number of hydrogen-bond acceptors (Lipinski definition) is 3. The number of halogens is 1. The van der Waals surface area contributed by atoms with Crippen LogP contribution in [0.5, 0.6) is 0 Å². The Bertz CT molecular complexity index is 596. The fourth-order valence-corrected chi connectivity index (χ4v) is 2.74. The first kappa shape index (κ1) is 16.7. The van der Waals surface area contributed by atoms with Crippen molar-refractivity contribution in [3.05, 3.63) is 36.3 Å². The molecule has 0 fully saturated rings. The lowest BCUT2D eigenvalue weighted by Crippen LogP contribution is -2.25. The highest BCUT2D eigenvalue weighted by Gasteiger charge is 2.09. The monoisotopic (exact) mass is 303 g/mol. The molecule has 0 spiro atoms. The topological polar surface area (TPSA) is 28.2 Å². The van der Waals surface area contributed by atoms with Crippen molar-refractivity contribution in [2.75, 3.05) is 25.0 Å². The average molecular weight is 303 g/mol. The quantitative estimate of drug-likeness (QED) is 0.737. The van der Waals surface area contributed by atoms with Gasteiger partial charge in [0.05, 0.1) is 0 Å². The van der Waals surface area contributed by atoms with Crippen LogP contribution < -0.4 is 5.32 Å². The number of hydrogen-bond donors (Lipinski definition) is 1. The van der Waals surface area contributed by atoms with Gasteiger partial charge >= 0.3 is 0 Å². The highest BCUT2D eigenvalue weighted by atomic mass is 19.1. The van der Waals surface area contributed by atoms with Crippen LogP contribution >= 0.6 is 0 Å². The molecular formula is C18H26FN3. The number of rotatable bonds is 8. The van der Waals surface area contributed by atoms with Crippen LogP contribution in [0.25, 0.3) is 10.8 Å². The number of pyridine rings is 1. The zero-order chi connectivity index (χ0) is 15.9. The Morgan fingerprint density at radius 3 is 2.68 bits per heavy atom. The number of anilines is 1. The summed E-state index contributed by atoms with van der Waals surface area (Å²) in [5.74, 6) is 0.211. The number of nitrogens with zero attached hydrogens (tertiary/aromatic N) is 2. The van der Waals surface area contributed by atoms with Gasteiger partial charge in [0.2, 0.25) is 5.95 Å². The zero-order valence-corrected chi connectivity index (χ0v) is 13.8. The maximum Gasteiger partial charge on any atom is 0.215 e. The van der Waals surface area contributed by atoms with E-state index in [1.807, 2.05) is 24.3 Å². The van der Waals surface area contributed by atoms with E-state index in [1.54, 1.807) is 0 Å². The van der Waals surface area contributed by atoms with E-state index in [1.165, 1.54) is 6.07 Å². The normalized spacial score (nSPS) is 12.8. The average Bonchev–Trinajstić information content (AvgIpc) is 2.51. The van der Waals surface area contributed by atoms with Crippen LogP contribution in [0.1, 0.15) is 33.6 Å². The van der Waals surface area contributed by atoms with E-state index in [-0.39, 0.29) is 6.04 Å². The van der Waals surface area contributed by atoms with Crippen molar-refractivity contribution < 1.29 is 4.39 Å². The van der Waals surface area contributed by atoms with E-state index >= 15 is 0 Å². The van der Waals surface area contributed by atoms with Crippen molar-refractivity contribution in [1.29, 1.82) is 0 Å². The molecule has 0 aliphatic carbocycles. The fraction of sp³-hybridized carbons (Fsp3) is 0.500. The molecule has 120 valence electrons. The Morgan fingerprint density at radius 2 is 1.95 bits per heavy atom. The van der Waals surface area contributed by atoms with Gasteiger partial charge in [0.15, 0.2) is 0 Å². The standard InChI is InChI=1S/C18H26FN3/c1-4-22(5-2)12-8-9-14(3)20-18-16-11-7-6-10-15(16)13-17(19)21-18/h6-7,10-11,13-14H,4-5,8-9,12H2,1-3H3,(H,20,21)/t14-/m1/s1. The lowest BCUT2D eigenvalue weighted by molar-refractivity contribution is 0.295. The van der Waals surface area contributed by atoms with Gasteiger partial charge < -0.3 is 10.2 Å². The SMILES string of the molecule is CCN(CC)CCC[C@@H](C)Nc1nc(F)cc2ccccc12. The molecule has 0 bridgehead atoms. The third-order valence-corrected chi connectivity index (χ3v) is 4.10. The Morgan fingerprint density at radius 1 is 1.23 bits per heavy atom. The van der Waals surface area contributed by atoms with Crippen LogP contribution in [-0.2, 0) is 0 Å². The largest absolute Gasteiger partial charge is 0.367 e. The molecule has 3 nitrogen and oxygen atoms in total. The van der Waals surface area contributed by atoms with E-state index in [2.05, 4.69) is 36.0 Å². The number of benzene rings is 1. The van der Waals surface area contributed by atoms with Gasteiger partial charge in [-0.2, -0.15) is 4.39 Å². The second-order valence-electron chi connectivity index (χ2n) is 5.73. The highest BCUT2D eigenvalue weighted by molar-refractivity contribution is 5.91. The van der Waals surface area contributed by atoms with Crippen LogP contribution in [0.3, 0.4) is 0 Å². The summed E-state index contributed by atoms with van der Waals surface area (Å²) in [7, 11) is 0. The van der Waals surface area contributed by atoms with Gasteiger partial charge in [-0.15, -0.1) is 0 Å². The van der Waals surface area contributed by atoms with E-state index in [9.17, 15) is 4.39 Å². The smallest absolute Gasteiger partial charge is 0.215 e. The molecule has 0 radical (unpaired) electrons. The minimum absolute atomic E-state index is 0.272. The van der Waals surface area contributed by atoms with Crippen molar-refractivity contribution in [3.63, 3.8) is 0 Å². The lowest BCUT2D eigenvalue weighted by Gasteiger charge is -2.20. The van der Waals surface area contributed by atoms with Gasteiger partial charge in [0.1, 0.15) is 5.82 Å². The number of nitrogens with one attached hydrogen (secondary N) is 1. The van der Waals surface area contributed by atoms with Gasteiger partial charge in [-0.05, 0) is 44.8 Å². The van der Waals surface area contributed by atoms with Crippen LogP contribution in [0.2, 0.25) is 0 Å². The Hall–Kier alpha value is -1.68. The van der Waals surface area contributed by atoms with Gasteiger partial charge in [0, 0.05) is 17.5 Å². The van der Waals surface area contributed by atoms with E-state index in [0.717, 1.165) is 43.2 Å². The maximum atomic E-state index is 13.6. The predicted octanol–water partition coefficient (Wildman–Crippen LogP) is 4.30. The number of aromatic nitrogens is 1. The van der Waals surface area contributed by atoms with Crippen molar-refractivity contribution >= 4 is 16.6 Å². The van der Waals surface area contributed by atoms with E-state index < -0.39 is 5.95 Å². The van der Waals surface area contributed by atoms with Crippen molar-refractivity contribution in [3.8, 4) is 0 Å². The third-order valence-electron chi connectivity index (χ3n) is 4.10. The molecule has 1 aromatic carbocycles. The molecule has 0 saturated heterocycles. The van der Waals surface area contributed by atoms with Gasteiger partial charge in [0.25, 0.3) is 0 Å². The summed E-state index contributed by atoms with van der Waals surface area (Å²) in [6.45, 7) is 9.80. The number of fused-ring (bicyclic) bond motifs is 1. The van der Waals surface area contributed by atoms with Gasteiger partial charge in [-0.3, -0.25) is 0 Å². The first-order valence-corrected chi connectivity index (χ1v) is 8.18. The Kier molecular flexibility index (Phi) is 6.13. The molecular weight excluding hydrogens is 277 g/mol. The zero-order valence-electron chi connectivity index (χ0n) is 13.8. The maximum absolute atomic E-state index is 13.6. The molecule has 22 heavy (non-hydrogen) atoms. The predicted molar refractivity (Wildman–Crippen MR) is 91.8 cm³/mol. The highest BCUT2D eigenvalue weighted by Crippen LogP contribution is 2.23. The summed E-state index contributed by atoms with van der Waals surface area (Å²) in [5, 5.41) is 5.22. The Balaban J connectivity index is 1.98. The molecule has 0 saturated carbocycles. The molecule has 0 unspecified atom stereocenters. The minimum Gasteiger partial charge on any atom is -0.367 e. The molecule has 0 amide bonds.